The number of aromatic nitrogens is 1. The molecule has 0 aliphatic carbocycles. The molecule has 14 heteroatoms. The number of anilines is 2. The molecule has 0 aliphatic rings. The number of halogens is 4. The Balaban J connectivity index is 1.60. The van der Waals surface area contributed by atoms with E-state index in [2.05, 4.69) is 21.2 Å². The van der Waals surface area contributed by atoms with Crippen LogP contribution in [-0.2, 0) is 17.4 Å². The van der Waals surface area contributed by atoms with Crippen LogP contribution in [0, 0.1) is 15.9 Å². The zero-order chi connectivity index (χ0) is 24.2. The second kappa shape index (κ2) is 9.60. The van der Waals surface area contributed by atoms with Crippen molar-refractivity contribution in [3.63, 3.8) is 0 Å². The summed E-state index contributed by atoms with van der Waals surface area (Å²) >= 11 is 0.983. The molecule has 172 valence electrons. The fourth-order valence-corrected chi connectivity index (χ4v) is 3.27. The van der Waals surface area contributed by atoms with E-state index in [0.29, 0.717) is 12.1 Å². The van der Waals surface area contributed by atoms with E-state index in [-0.39, 0.29) is 28.5 Å². The van der Waals surface area contributed by atoms with Crippen molar-refractivity contribution in [2.24, 2.45) is 0 Å². The van der Waals surface area contributed by atoms with E-state index in [1.54, 1.807) is 0 Å². The average Bonchev–Trinajstić information content (AvgIpc) is 3.18. The lowest BCUT2D eigenvalue weighted by Gasteiger charge is -2.11. The van der Waals surface area contributed by atoms with Gasteiger partial charge in [0, 0.05) is 11.4 Å². The Labute approximate surface area is 186 Å². The van der Waals surface area contributed by atoms with Gasteiger partial charge in [0.2, 0.25) is 5.91 Å². The van der Waals surface area contributed by atoms with Crippen LogP contribution in [0.1, 0.15) is 21.6 Å². The number of amides is 2. The second-order valence-electron chi connectivity index (χ2n) is 6.41. The largest absolute Gasteiger partial charge is 0.416 e. The van der Waals surface area contributed by atoms with Gasteiger partial charge >= 0.3 is 6.18 Å². The number of rotatable bonds is 7. The van der Waals surface area contributed by atoms with Crippen molar-refractivity contribution in [3.05, 3.63) is 80.6 Å². The molecule has 0 fully saturated rings. The molecular formula is C19H13F4N5O4S. The van der Waals surface area contributed by atoms with Crippen molar-refractivity contribution < 1.29 is 32.1 Å². The Bertz CT molecular complexity index is 1210. The van der Waals surface area contributed by atoms with Gasteiger partial charge in [0.25, 0.3) is 11.6 Å². The SMILES string of the molecule is O=C(Cc1csc(NC(=O)c2ccccc2F)n1)NNc1ccc(C(F)(F)F)cc1[N+](=O)[O-]. The summed E-state index contributed by atoms with van der Waals surface area (Å²) in [5.74, 6) is -2.15. The van der Waals surface area contributed by atoms with Gasteiger partial charge in [-0.25, -0.2) is 9.37 Å². The molecule has 0 bridgehead atoms. The fourth-order valence-electron chi connectivity index (χ4n) is 2.57. The van der Waals surface area contributed by atoms with Gasteiger partial charge in [-0.15, -0.1) is 11.3 Å². The molecular weight excluding hydrogens is 470 g/mol. The van der Waals surface area contributed by atoms with Crippen molar-refractivity contribution in [2.75, 3.05) is 10.7 Å². The molecule has 9 nitrogen and oxygen atoms in total. The number of nitro benzene ring substituents is 1. The summed E-state index contributed by atoms with van der Waals surface area (Å²) < 4.78 is 51.9. The molecule has 0 radical (unpaired) electrons. The van der Waals surface area contributed by atoms with E-state index in [0.717, 1.165) is 23.5 Å². The number of hydrogen-bond acceptors (Lipinski definition) is 7. The number of hydrazine groups is 1. The van der Waals surface area contributed by atoms with Gasteiger partial charge in [-0.1, -0.05) is 12.1 Å². The van der Waals surface area contributed by atoms with Crippen molar-refractivity contribution in [2.45, 2.75) is 12.6 Å². The zero-order valence-corrected chi connectivity index (χ0v) is 17.1. The molecule has 1 aromatic heterocycles. The normalized spacial score (nSPS) is 11.0. The summed E-state index contributed by atoms with van der Waals surface area (Å²) in [5.41, 5.74) is 1.96. The Kier molecular flexibility index (Phi) is 6.86. The highest BCUT2D eigenvalue weighted by Gasteiger charge is 2.33. The van der Waals surface area contributed by atoms with Gasteiger partial charge in [0.05, 0.1) is 28.2 Å². The first-order valence-electron chi connectivity index (χ1n) is 8.95. The molecule has 2 aromatic carbocycles. The van der Waals surface area contributed by atoms with E-state index in [1.165, 1.54) is 23.6 Å². The summed E-state index contributed by atoms with van der Waals surface area (Å²) in [6.07, 6.45) is -5.08. The number of carbonyl (C=O) groups excluding carboxylic acids is 2. The summed E-state index contributed by atoms with van der Waals surface area (Å²) in [4.78, 5) is 38.3. The van der Waals surface area contributed by atoms with Crippen molar-refractivity contribution in [1.82, 2.24) is 10.4 Å². The maximum atomic E-state index is 13.7. The standard InChI is InChI=1S/C19H13F4N5O4S/c20-13-4-2-1-3-12(13)17(30)25-18-24-11(9-33-18)8-16(29)27-26-14-6-5-10(19(21,22)23)7-15(14)28(31)32/h1-7,9,26H,8H2,(H,27,29)(H,24,25,30). The Morgan fingerprint density at radius 3 is 2.55 bits per heavy atom. The van der Waals surface area contributed by atoms with Gasteiger partial charge in [-0.3, -0.25) is 35.9 Å². The zero-order valence-electron chi connectivity index (χ0n) is 16.3. The highest BCUT2D eigenvalue weighted by molar-refractivity contribution is 7.14. The summed E-state index contributed by atoms with van der Waals surface area (Å²) in [7, 11) is 0. The molecule has 0 unspecified atom stereocenters. The smallest absolute Gasteiger partial charge is 0.298 e. The van der Waals surface area contributed by atoms with E-state index >= 15 is 0 Å². The van der Waals surface area contributed by atoms with Crippen LogP contribution in [0.5, 0.6) is 0 Å². The third kappa shape index (κ3) is 6.00. The molecule has 0 saturated heterocycles. The summed E-state index contributed by atoms with van der Waals surface area (Å²) in [6, 6.07) is 7.13. The third-order valence-corrected chi connectivity index (χ3v) is 4.90. The van der Waals surface area contributed by atoms with Crippen LogP contribution in [0.15, 0.2) is 47.8 Å². The maximum absolute atomic E-state index is 13.7. The lowest BCUT2D eigenvalue weighted by molar-refractivity contribution is -0.384. The summed E-state index contributed by atoms with van der Waals surface area (Å²) in [5, 5.41) is 15.0. The van der Waals surface area contributed by atoms with Crippen LogP contribution in [0.2, 0.25) is 0 Å². The summed E-state index contributed by atoms with van der Waals surface area (Å²) in [6.45, 7) is 0. The highest BCUT2D eigenvalue weighted by Crippen LogP contribution is 2.34. The number of carbonyl (C=O) groups is 2. The van der Waals surface area contributed by atoms with Gasteiger partial charge in [-0.2, -0.15) is 13.2 Å². The number of nitro groups is 1. The van der Waals surface area contributed by atoms with Crippen LogP contribution in [-0.4, -0.2) is 21.7 Å². The minimum Gasteiger partial charge on any atom is -0.298 e. The fraction of sp³-hybridized carbons (Fsp3) is 0.105. The molecule has 1 heterocycles. The molecule has 33 heavy (non-hydrogen) atoms. The lowest BCUT2D eigenvalue weighted by Crippen LogP contribution is -2.31. The van der Waals surface area contributed by atoms with Crippen LogP contribution in [0.3, 0.4) is 0 Å². The average molecular weight is 483 g/mol. The minimum absolute atomic E-state index is 0.109. The molecule has 0 atom stereocenters. The van der Waals surface area contributed by atoms with Crippen molar-refractivity contribution in [1.29, 1.82) is 0 Å². The number of hydrogen-bond donors (Lipinski definition) is 3. The highest BCUT2D eigenvalue weighted by atomic mass is 32.1. The molecule has 2 amide bonds. The van der Waals surface area contributed by atoms with Crippen LogP contribution in [0.25, 0.3) is 0 Å². The van der Waals surface area contributed by atoms with Crippen LogP contribution in [0.4, 0.5) is 34.1 Å². The van der Waals surface area contributed by atoms with Gasteiger partial charge < -0.3 is 0 Å². The number of thiazole rings is 1. The molecule has 3 N–H and O–H groups in total. The van der Waals surface area contributed by atoms with Gasteiger partial charge in [-0.05, 0) is 24.3 Å². The second-order valence-corrected chi connectivity index (χ2v) is 7.27. The van der Waals surface area contributed by atoms with Crippen molar-refractivity contribution >= 4 is 39.7 Å². The Morgan fingerprint density at radius 2 is 1.88 bits per heavy atom. The van der Waals surface area contributed by atoms with E-state index in [4.69, 9.17) is 0 Å². The first kappa shape index (κ1) is 23.6. The monoisotopic (exact) mass is 483 g/mol. The Hall–Kier alpha value is -4.07. The molecule has 3 aromatic rings. The quantitative estimate of drug-likeness (QED) is 0.263. The maximum Gasteiger partial charge on any atom is 0.416 e. The van der Waals surface area contributed by atoms with Gasteiger partial charge in [0.1, 0.15) is 11.5 Å². The van der Waals surface area contributed by atoms with Crippen molar-refractivity contribution in [3.8, 4) is 0 Å². The molecule has 0 saturated carbocycles. The Morgan fingerprint density at radius 1 is 1.15 bits per heavy atom. The molecule has 3 rings (SSSR count). The number of alkyl halides is 3. The third-order valence-electron chi connectivity index (χ3n) is 4.09. The first-order chi connectivity index (χ1) is 15.5. The van der Waals surface area contributed by atoms with E-state index < -0.39 is 40.0 Å². The molecule has 0 spiro atoms. The first-order valence-corrected chi connectivity index (χ1v) is 9.83. The van der Waals surface area contributed by atoms with Gasteiger partial charge in [0.15, 0.2) is 5.13 Å². The predicted molar refractivity (Wildman–Crippen MR) is 110 cm³/mol. The number of nitrogens with one attached hydrogen (secondary N) is 3. The number of benzene rings is 2. The minimum atomic E-state index is -4.77. The topological polar surface area (TPSA) is 126 Å². The lowest BCUT2D eigenvalue weighted by atomic mass is 10.1. The van der Waals surface area contributed by atoms with Crippen LogP contribution >= 0.6 is 11.3 Å². The van der Waals surface area contributed by atoms with E-state index in [9.17, 15) is 37.3 Å². The molecule has 0 aliphatic heterocycles. The van der Waals surface area contributed by atoms with E-state index in [1.807, 2.05) is 0 Å². The predicted octanol–water partition coefficient (Wildman–Crippen LogP) is 4.15. The van der Waals surface area contributed by atoms with Crippen LogP contribution < -0.4 is 16.2 Å². The number of nitrogens with zero attached hydrogens (tertiary/aromatic N) is 2.